The first-order chi connectivity index (χ1) is 37.7. The van der Waals surface area contributed by atoms with Crippen LogP contribution in [0.2, 0.25) is 0 Å². The van der Waals surface area contributed by atoms with E-state index in [1.807, 2.05) is 48.9 Å². The molecule has 13 aromatic rings. The number of nitrogens with zero attached hydrogens (tertiary/aromatic N) is 3. The van der Waals surface area contributed by atoms with E-state index < -0.39 is 0 Å². The number of rotatable bonds is 11. The van der Waals surface area contributed by atoms with E-state index in [1.165, 1.54) is 27.5 Å². The summed E-state index contributed by atoms with van der Waals surface area (Å²) >= 11 is 0. The highest BCUT2D eigenvalue weighted by Gasteiger charge is 2.20. The van der Waals surface area contributed by atoms with E-state index >= 15 is 0 Å². The van der Waals surface area contributed by atoms with Crippen molar-refractivity contribution >= 4 is 10.8 Å². The van der Waals surface area contributed by atoms with Crippen LogP contribution in [-0.4, -0.2) is 15.0 Å². The van der Waals surface area contributed by atoms with Gasteiger partial charge in [0.05, 0.1) is 17.1 Å². The van der Waals surface area contributed by atoms with E-state index in [4.69, 9.17) is 4.98 Å². The van der Waals surface area contributed by atoms with Gasteiger partial charge in [0.2, 0.25) is 0 Å². The topological polar surface area (TPSA) is 38.7 Å². The number of hydrogen-bond acceptors (Lipinski definition) is 3. The normalized spacial score (nSPS) is 11.2. The van der Waals surface area contributed by atoms with Crippen molar-refractivity contribution in [2.45, 2.75) is 0 Å². The highest BCUT2D eigenvalue weighted by atomic mass is 14.7. The molecule has 0 aliphatic heterocycles. The number of benzene rings is 10. The molecule has 0 atom stereocenters. The van der Waals surface area contributed by atoms with E-state index in [2.05, 4.69) is 259 Å². The first-order valence-corrected chi connectivity index (χ1v) is 25.8. The van der Waals surface area contributed by atoms with Gasteiger partial charge in [-0.15, -0.1) is 0 Å². The summed E-state index contributed by atoms with van der Waals surface area (Å²) in [5.41, 5.74) is 24.4. The second-order valence-corrected chi connectivity index (χ2v) is 19.1. The van der Waals surface area contributed by atoms with Crippen molar-refractivity contribution in [2.75, 3.05) is 0 Å². The van der Waals surface area contributed by atoms with E-state index in [-0.39, 0.29) is 0 Å². The van der Waals surface area contributed by atoms with Crippen LogP contribution >= 0.6 is 0 Å². The molecule has 0 spiro atoms. The number of aromatic nitrogens is 3. The lowest BCUT2D eigenvalue weighted by Gasteiger charge is -2.20. The first kappa shape index (κ1) is 45.7. The predicted octanol–water partition coefficient (Wildman–Crippen LogP) is 19.4. The second kappa shape index (κ2) is 20.4. The Labute approximate surface area is 443 Å². The monoisotopic (exact) mass is 967 g/mol. The fourth-order valence-corrected chi connectivity index (χ4v) is 10.8. The molecule has 0 unspecified atom stereocenters. The zero-order valence-corrected chi connectivity index (χ0v) is 41.6. The Hall–Kier alpha value is -10.1. The molecule has 76 heavy (non-hydrogen) atoms. The fraction of sp³-hybridized carbons (Fsp3) is 0. The van der Waals surface area contributed by atoms with E-state index in [0.29, 0.717) is 0 Å². The molecule has 0 radical (unpaired) electrons. The van der Waals surface area contributed by atoms with Gasteiger partial charge in [-0.05, 0) is 160 Å². The number of pyridine rings is 3. The second-order valence-electron chi connectivity index (χ2n) is 19.1. The minimum absolute atomic E-state index is 0.932. The zero-order chi connectivity index (χ0) is 50.6. The largest absolute Gasteiger partial charge is 0.256 e. The molecule has 0 N–H and O–H groups in total. The molecule has 356 valence electrons. The fourth-order valence-electron chi connectivity index (χ4n) is 10.8. The van der Waals surface area contributed by atoms with Crippen molar-refractivity contribution in [1.82, 2.24) is 15.0 Å². The van der Waals surface area contributed by atoms with Crippen LogP contribution in [0.25, 0.3) is 134 Å². The molecule has 3 heterocycles. The van der Waals surface area contributed by atoms with E-state index in [0.717, 1.165) is 106 Å². The molecule has 3 heteroatoms. The summed E-state index contributed by atoms with van der Waals surface area (Å²) in [4.78, 5) is 14.1. The first-order valence-electron chi connectivity index (χ1n) is 25.8. The van der Waals surface area contributed by atoms with Crippen molar-refractivity contribution in [1.29, 1.82) is 0 Å². The molecule has 3 aromatic heterocycles. The molecule has 0 saturated heterocycles. The Morgan fingerprint density at radius 3 is 0.947 bits per heavy atom. The highest BCUT2D eigenvalue weighted by molar-refractivity contribution is 6.08. The molecule has 0 amide bonds. The van der Waals surface area contributed by atoms with Crippen LogP contribution in [0.15, 0.2) is 298 Å². The van der Waals surface area contributed by atoms with Gasteiger partial charge in [0.25, 0.3) is 0 Å². The maximum Gasteiger partial charge on any atom is 0.0702 e. The van der Waals surface area contributed by atoms with E-state index in [9.17, 15) is 0 Å². The van der Waals surface area contributed by atoms with Gasteiger partial charge in [-0.2, -0.15) is 0 Å². The maximum absolute atomic E-state index is 4.83. The quantitative estimate of drug-likeness (QED) is 0.130. The molecule has 0 saturated carbocycles. The molecule has 0 bridgehead atoms. The van der Waals surface area contributed by atoms with Crippen LogP contribution in [0.3, 0.4) is 0 Å². The van der Waals surface area contributed by atoms with Crippen LogP contribution < -0.4 is 0 Å². The lowest BCUT2D eigenvalue weighted by molar-refractivity contribution is 1.33. The lowest BCUT2D eigenvalue weighted by atomic mass is 9.83. The average Bonchev–Trinajstić information content (AvgIpc) is 3.56. The van der Waals surface area contributed by atoms with Gasteiger partial charge in [-0.3, -0.25) is 15.0 Å². The Bertz CT molecular complexity index is 4030. The zero-order valence-electron chi connectivity index (χ0n) is 41.6. The van der Waals surface area contributed by atoms with Crippen molar-refractivity contribution in [3.8, 4) is 123 Å². The molecule has 13 rings (SSSR count). The minimum atomic E-state index is 0.932. The van der Waals surface area contributed by atoms with Crippen molar-refractivity contribution < 1.29 is 0 Å². The summed E-state index contributed by atoms with van der Waals surface area (Å²) in [6.45, 7) is 0. The summed E-state index contributed by atoms with van der Waals surface area (Å²) in [6, 6.07) is 100. The number of hydrogen-bond donors (Lipinski definition) is 0. The number of fused-ring (bicyclic) bond motifs is 1. The Morgan fingerprint density at radius 1 is 0.158 bits per heavy atom. The minimum Gasteiger partial charge on any atom is -0.256 e. The maximum atomic E-state index is 4.83. The molecule has 0 aliphatic rings. The van der Waals surface area contributed by atoms with Crippen LogP contribution in [0, 0.1) is 0 Å². The van der Waals surface area contributed by atoms with Crippen molar-refractivity contribution in [3.05, 3.63) is 298 Å². The molecule has 10 aromatic carbocycles. The van der Waals surface area contributed by atoms with Gasteiger partial charge in [0.1, 0.15) is 0 Å². The average molecular weight is 968 g/mol. The van der Waals surface area contributed by atoms with Gasteiger partial charge in [-0.1, -0.05) is 218 Å². The van der Waals surface area contributed by atoms with Gasteiger partial charge in [0, 0.05) is 35.3 Å². The summed E-state index contributed by atoms with van der Waals surface area (Å²) in [7, 11) is 0. The van der Waals surface area contributed by atoms with Gasteiger partial charge < -0.3 is 0 Å². The van der Waals surface area contributed by atoms with Gasteiger partial charge in [-0.25, -0.2) is 0 Å². The van der Waals surface area contributed by atoms with Crippen LogP contribution in [0.1, 0.15) is 0 Å². The van der Waals surface area contributed by atoms with Crippen LogP contribution in [0.4, 0.5) is 0 Å². The van der Waals surface area contributed by atoms with E-state index in [1.54, 1.807) is 0 Å². The highest BCUT2D eigenvalue weighted by Crippen LogP contribution is 2.46. The molecule has 0 fully saturated rings. The smallest absolute Gasteiger partial charge is 0.0702 e. The van der Waals surface area contributed by atoms with Gasteiger partial charge in [0.15, 0.2) is 0 Å². The Balaban J connectivity index is 1.01. The third-order valence-corrected chi connectivity index (χ3v) is 14.5. The lowest BCUT2D eigenvalue weighted by Crippen LogP contribution is -1.94. The van der Waals surface area contributed by atoms with Crippen LogP contribution in [0.5, 0.6) is 0 Å². The summed E-state index contributed by atoms with van der Waals surface area (Å²) < 4.78 is 0. The standard InChI is InChI=1S/C73H49N3/c1-2-18-50(19-3-1)64-41-42-69(67-27-11-10-26-66(64)67)70-49-55(73-30-14-17-45-76-73)39-40-68(70)65-25-9-8-24-63(65)58-47-56(61-22-6-4-20-59(61)51-31-35-53(36-32-51)71-28-12-15-43-74-71)46-57(48-58)62-23-7-5-21-60(62)52-33-37-54(38-34-52)72-29-13-16-44-75-72/h1-49H. The van der Waals surface area contributed by atoms with Crippen LogP contribution in [-0.2, 0) is 0 Å². The third-order valence-electron chi connectivity index (χ3n) is 14.5. The van der Waals surface area contributed by atoms with Crippen molar-refractivity contribution in [2.24, 2.45) is 0 Å². The third kappa shape index (κ3) is 8.97. The molecular formula is C73H49N3. The predicted molar refractivity (Wildman–Crippen MR) is 317 cm³/mol. The summed E-state index contributed by atoms with van der Waals surface area (Å²) in [5, 5.41) is 2.40. The molecular weight excluding hydrogens is 919 g/mol. The summed E-state index contributed by atoms with van der Waals surface area (Å²) in [6.07, 6.45) is 5.57. The Morgan fingerprint density at radius 2 is 0.474 bits per heavy atom. The SMILES string of the molecule is c1ccc(-c2ccc(-c3cc(-c4ccccn4)ccc3-c3ccccc3-c3cc(-c4ccccc4-c4ccc(-c5ccccn5)cc4)cc(-c4ccccc4-c4ccc(-c5ccccn5)cc4)c3)c3ccccc23)cc1. The Kier molecular flexibility index (Phi) is 12.3. The van der Waals surface area contributed by atoms with Gasteiger partial charge >= 0.3 is 0 Å². The van der Waals surface area contributed by atoms with Crippen molar-refractivity contribution in [3.63, 3.8) is 0 Å². The molecule has 0 aliphatic carbocycles. The summed E-state index contributed by atoms with van der Waals surface area (Å²) in [5.74, 6) is 0. The molecule has 3 nitrogen and oxygen atoms in total.